The summed E-state index contributed by atoms with van der Waals surface area (Å²) in [5, 5.41) is 3.47. The Labute approximate surface area is 156 Å². The minimum atomic E-state index is -0.468. The molecular formula is C20H19ClN2O3. The average molecular weight is 371 g/mol. The molecule has 1 N–H and O–H groups in total. The number of carbonyl (C=O) groups is 2. The Bertz CT molecular complexity index is 883. The Morgan fingerprint density at radius 1 is 1.31 bits per heavy atom. The molecule has 0 aliphatic carbocycles. The molecule has 6 heteroatoms. The fourth-order valence-electron chi connectivity index (χ4n) is 3.65. The topological polar surface area (TPSA) is 58.6 Å². The second-order valence-corrected chi connectivity index (χ2v) is 7.05. The third-order valence-corrected chi connectivity index (χ3v) is 5.33. The van der Waals surface area contributed by atoms with E-state index in [1.54, 1.807) is 25.1 Å². The molecule has 2 heterocycles. The lowest BCUT2D eigenvalue weighted by Crippen LogP contribution is -2.43. The highest BCUT2D eigenvalue weighted by atomic mass is 35.5. The van der Waals surface area contributed by atoms with E-state index in [0.717, 1.165) is 30.6 Å². The number of ether oxygens (including phenoxy) is 1. The molecule has 2 aromatic rings. The van der Waals surface area contributed by atoms with E-state index in [-0.39, 0.29) is 11.9 Å². The number of nitrogens with zero attached hydrogens (tertiary/aromatic N) is 1. The van der Waals surface area contributed by atoms with Crippen LogP contribution in [0.2, 0.25) is 5.02 Å². The maximum absolute atomic E-state index is 12.5. The molecule has 2 aliphatic rings. The van der Waals surface area contributed by atoms with Gasteiger partial charge in [0, 0.05) is 17.1 Å². The molecule has 0 aromatic heterocycles. The van der Waals surface area contributed by atoms with E-state index in [1.807, 2.05) is 24.3 Å². The largest absolute Gasteiger partial charge is 0.454 e. The molecule has 5 nitrogen and oxygen atoms in total. The molecular weight excluding hydrogens is 352 g/mol. The van der Waals surface area contributed by atoms with Crippen LogP contribution in [0.15, 0.2) is 42.5 Å². The van der Waals surface area contributed by atoms with Gasteiger partial charge in [0.25, 0.3) is 0 Å². The van der Waals surface area contributed by atoms with Crippen molar-refractivity contribution in [3.63, 3.8) is 0 Å². The molecule has 2 atom stereocenters. The number of hydrogen-bond acceptors (Lipinski definition) is 4. The third-order valence-electron chi connectivity index (χ3n) is 4.98. The average Bonchev–Trinajstić information content (AvgIpc) is 3.12. The molecule has 4 rings (SSSR count). The second kappa shape index (κ2) is 6.65. The first kappa shape index (κ1) is 16.9. The number of benzene rings is 2. The predicted octanol–water partition coefficient (Wildman–Crippen LogP) is 4.18. The van der Waals surface area contributed by atoms with Gasteiger partial charge < -0.3 is 15.0 Å². The first-order chi connectivity index (χ1) is 12.5. The van der Waals surface area contributed by atoms with Gasteiger partial charge in [0.15, 0.2) is 0 Å². The fraction of sp³-hybridized carbons (Fsp3) is 0.300. The first-order valence-electron chi connectivity index (χ1n) is 8.71. The van der Waals surface area contributed by atoms with E-state index >= 15 is 0 Å². The summed E-state index contributed by atoms with van der Waals surface area (Å²) in [4.78, 5) is 26.9. The zero-order valence-electron chi connectivity index (χ0n) is 14.4. The Kier molecular flexibility index (Phi) is 4.32. The quantitative estimate of drug-likeness (QED) is 0.823. The van der Waals surface area contributed by atoms with Crippen LogP contribution in [-0.2, 0) is 9.53 Å². The van der Waals surface area contributed by atoms with E-state index in [9.17, 15) is 9.59 Å². The SMILES string of the molecule is C[C@@H](OC(=O)c1ccc2c(c1)NC(=O)[C@H]1CCCN21)c1ccccc1Cl. The molecule has 26 heavy (non-hydrogen) atoms. The van der Waals surface area contributed by atoms with Gasteiger partial charge in [-0.3, -0.25) is 4.79 Å². The molecule has 0 bridgehead atoms. The van der Waals surface area contributed by atoms with Crippen molar-refractivity contribution < 1.29 is 14.3 Å². The third kappa shape index (κ3) is 2.92. The van der Waals surface area contributed by atoms with Gasteiger partial charge >= 0.3 is 5.97 Å². The Morgan fingerprint density at radius 3 is 2.92 bits per heavy atom. The Hall–Kier alpha value is -2.53. The maximum Gasteiger partial charge on any atom is 0.338 e. The number of fused-ring (bicyclic) bond motifs is 3. The van der Waals surface area contributed by atoms with Crippen LogP contribution in [-0.4, -0.2) is 24.5 Å². The highest BCUT2D eigenvalue weighted by Gasteiger charge is 2.36. The molecule has 2 aliphatic heterocycles. The van der Waals surface area contributed by atoms with Crippen LogP contribution in [0.1, 0.15) is 41.8 Å². The monoisotopic (exact) mass is 370 g/mol. The van der Waals surface area contributed by atoms with E-state index in [0.29, 0.717) is 16.3 Å². The van der Waals surface area contributed by atoms with Crippen molar-refractivity contribution in [3.8, 4) is 0 Å². The summed E-state index contributed by atoms with van der Waals surface area (Å²) in [5.74, 6) is -0.456. The lowest BCUT2D eigenvalue weighted by atomic mass is 10.1. The second-order valence-electron chi connectivity index (χ2n) is 6.64. The van der Waals surface area contributed by atoms with Gasteiger partial charge in [0.2, 0.25) is 5.91 Å². The van der Waals surface area contributed by atoms with Crippen LogP contribution in [0, 0.1) is 0 Å². The zero-order valence-corrected chi connectivity index (χ0v) is 15.1. The summed E-state index contributed by atoms with van der Waals surface area (Å²) in [6, 6.07) is 12.5. The Balaban J connectivity index is 1.55. The van der Waals surface area contributed by atoms with Crippen LogP contribution >= 0.6 is 11.6 Å². The van der Waals surface area contributed by atoms with Crippen molar-refractivity contribution in [3.05, 3.63) is 58.6 Å². The van der Waals surface area contributed by atoms with E-state index in [2.05, 4.69) is 10.2 Å². The van der Waals surface area contributed by atoms with Gasteiger partial charge in [-0.2, -0.15) is 0 Å². The van der Waals surface area contributed by atoms with Crippen LogP contribution in [0.5, 0.6) is 0 Å². The van der Waals surface area contributed by atoms with Crippen molar-refractivity contribution in [1.29, 1.82) is 0 Å². The first-order valence-corrected chi connectivity index (χ1v) is 9.09. The zero-order chi connectivity index (χ0) is 18.3. The van der Waals surface area contributed by atoms with Gasteiger partial charge in [-0.25, -0.2) is 4.79 Å². The lowest BCUT2D eigenvalue weighted by Gasteiger charge is -2.33. The normalized spacial score (nSPS) is 19.4. The van der Waals surface area contributed by atoms with Crippen molar-refractivity contribution in [2.24, 2.45) is 0 Å². The van der Waals surface area contributed by atoms with Crippen LogP contribution < -0.4 is 10.2 Å². The number of amides is 1. The van der Waals surface area contributed by atoms with E-state index in [4.69, 9.17) is 16.3 Å². The van der Waals surface area contributed by atoms with Gasteiger partial charge in [-0.1, -0.05) is 29.8 Å². The van der Waals surface area contributed by atoms with E-state index in [1.165, 1.54) is 0 Å². The number of halogens is 1. The standard InChI is InChI=1S/C20H19ClN2O3/c1-12(14-5-2-3-6-15(14)21)26-20(25)13-8-9-17-16(11-13)22-19(24)18-7-4-10-23(17)18/h2-3,5-6,8-9,11-12,18H,4,7,10H2,1H3,(H,22,24)/t12-,18-/m1/s1. The van der Waals surface area contributed by atoms with Gasteiger partial charge in [-0.15, -0.1) is 0 Å². The summed E-state index contributed by atoms with van der Waals surface area (Å²) in [7, 11) is 0. The predicted molar refractivity (Wildman–Crippen MR) is 101 cm³/mol. The van der Waals surface area contributed by atoms with Crippen LogP contribution in [0.3, 0.4) is 0 Å². The Morgan fingerprint density at radius 2 is 2.12 bits per heavy atom. The fourth-order valence-corrected chi connectivity index (χ4v) is 3.94. The summed E-state index contributed by atoms with van der Waals surface area (Å²) in [6.07, 6.45) is 1.39. The minimum absolute atomic E-state index is 0.00930. The molecule has 1 saturated heterocycles. The van der Waals surface area contributed by atoms with Crippen molar-refractivity contribution in [1.82, 2.24) is 0 Å². The van der Waals surface area contributed by atoms with Crippen molar-refractivity contribution in [2.75, 3.05) is 16.8 Å². The maximum atomic E-state index is 12.5. The lowest BCUT2D eigenvalue weighted by molar-refractivity contribution is -0.117. The smallest absolute Gasteiger partial charge is 0.338 e. The van der Waals surface area contributed by atoms with Crippen molar-refractivity contribution in [2.45, 2.75) is 31.9 Å². The molecule has 0 spiro atoms. The minimum Gasteiger partial charge on any atom is -0.454 e. The molecule has 134 valence electrons. The molecule has 1 fully saturated rings. The van der Waals surface area contributed by atoms with Crippen LogP contribution in [0.25, 0.3) is 0 Å². The summed E-state index contributed by atoms with van der Waals surface area (Å²) in [6.45, 7) is 2.65. The van der Waals surface area contributed by atoms with Gasteiger partial charge in [0.05, 0.1) is 16.9 Å². The molecule has 2 aromatic carbocycles. The van der Waals surface area contributed by atoms with Gasteiger partial charge in [-0.05, 0) is 44.0 Å². The number of carbonyl (C=O) groups excluding carboxylic acids is 2. The summed E-state index contributed by atoms with van der Waals surface area (Å²) >= 11 is 6.17. The van der Waals surface area contributed by atoms with Crippen molar-refractivity contribution >= 4 is 34.9 Å². The molecule has 1 amide bonds. The molecule has 0 unspecified atom stereocenters. The number of anilines is 2. The van der Waals surface area contributed by atoms with Crippen LogP contribution in [0.4, 0.5) is 11.4 Å². The number of hydrogen-bond donors (Lipinski definition) is 1. The van der Waals surface area contributed by atoms with E-state index < -0.39 is 12.1 Å². The summed E-state index contributed by atoms with van der Waals surface area (Å²) in [5.41, 5.74) is 2.78. The number of rotatable bonds is 3. The molecule has 0 saturated carbocycles. The highest BCUT2D eigenvalue weighted by Crippen LogP contribution is 2.37. The van der Waals surface area contributed by atoms with Gasteiger partial charge in [0.1, 0.15) is 12.1 Å². The number of nitrogens with one attached hydrogen (secondary N) is 1. The number of esters is 1. The highest BCUT2D eigenvalue weighted by molar-refractivity contribution is 6.31. The molecule has 0 radical (unpaired) electrons. The summed E-state index contributed by atoms with van der Waals surface area (Å²) < 4.78 is 5.56.